The smallest absolute Gasteiger partial charge is 0.364 e. The summed E-state index contributed by atoms with van der Waals surface area (Å²) < 4.78 is 75.3. The van der Waals surface area contributed by atoms with Crippen molar-refractivity contribution in [1.82, 2.24) is 21.3 Å². The lowest BCUT2D eigenvalue weighted by Crippen LogP contribution is -2.73. The average Bonchev–Trinajstić information content (AvgIpc) is 0.752. The number of nitrogens with one attached hydrogen (secondary N) is 4. The highest BCUT2D eigenvalue weighted by Crippen LogP contribution is 2.44. The van der Waals surface area contributed by atoms with Crippen molar-refractivity contribution in [3.8, 4) is 0 Å². The molecule has 0 radical (unpaired) electrons. The maximum Gasteiger partial charge on any atom is 0.364 e. The minimum atomic E-state index is -3.69. The van der Waals surface area contributed by atoms with E-state index in [1.165, 1.54) is 0 Å². The Kier molecular flexibility index (Phi) is 32.6. The number of ether oxygens (including phenoxy) is 13. The molecule has 634 valence electrons. The van der Waals surface area contributed by atoms with Gasteiger partial charge in [0.05, 0.1) is 82.7 Å². The Morgan fingerprint density at radius 3 is 1.18 bits per heavy atom. The molecule has 0 aromatic carbocycles. The summed E-state index contributed by atoms with van der Waals surface area (Å²) in [5.74, 6) is -22.5. The van der Waals surface area contributed by atoms with Crippen molar-refractivity contribution in [3.63, 3.8) is 0 Å². The van der Waals surface area contributed by atoms with Crippen molar-refractivity contribution in [3.05, 3.63) is 0 Å². The lowest BCUT2D eigenvalue weighted by atomic mass is 9.87. The fourth-order valence-corrected chi connectivity index (χ4v) is 13.7. The molecule has 51 heteroatoms. The molecule has 4 amide bonds. The summed E-state index contributed by atoms with van der Waals surface area (Å²) in [5.41, 5.74) is 0. The molecule has 0 aliphatic carbocycles. The van der Waals surface area contributed by atoms with Crippen molar-refractivity contribution in [2.75, 3.05) is 59.5 Å². The summed E-state index contributed by atoms with van der Waals surface area (Å²) in [6.45, 7) is -10.6. The van der Waals surface area contributed by atoms with Gasteiger partial charge in [-0.25, -0.2) is 14.4 Å². The number of hydrogen-bond acceptors (Lipinski definition) is 44. The van der Waals surface area contributed by atoms with Crippen LogP contribution in [0.5, 0.6) is 0 Å². The van der Waals surface area contributed by atoms with Crippen molar-refractivity contribution >= 4 is 41.5 Å². The summed E-state index contributed by atoms with van der Waals surface area (Å²) in [5, 5.41) is 304. The highest BCUT2D eigenvalue weighted by atomic mass is 16.8. The molecule has 38 atom stereocenters. The van der Waals surface area contributed by atoms with E-state index in [0.717, 1.165) is 13.8 Å². The van der Waals surface area contributed by atoms with Crippen LogP contribution in [0.1, 0.15) is 33.1 Å². The number of carboxylic acids is 3. The van der Waals surface area contributed by atoms with Crippen LogP contribution in [-0.2, 0) is 95.1 Å². The molecule has 0 unspecified atom stereocenters. The number of carbonyl (C=O) groups excluding carboxylic acids is 4. The highest BCUT2D eigenvalue weighted by molar-refractivity contribution is 5.80. The zero-order chi connectivity index (χ0) is 82.3. The van der Waals surface area contributed by atoms with E-state index in [9.17, 15) is 171 Å². The molecule has 0 aromatic rings. The van der Waals surface area contributed by atoms with E-state index in [2.05, 4.69) is 10.6 Å². The Balaban J connectivity index is 1.27. The zero-order valence-electron chi connectivity index (χ0n) is 57.9. The lowest BCUT2D eigenvalue weighted by Gasteiger charge is -2.53. The van der Waals surface area contributed by atoms with Crippen LogP contribution in [0.3, 0.4) is 0 Å². The Hall–Kier alpha value is -5.19. The molecule has 7 heterocycles. The minimum absolute atomic E-state index is 0.792. The number of amides is 4. The monoisotopic (exact) mass is 1610 g/mol. The van der Waals surface area contributed by atoms with Crippen LogP contribution in [0.4, 0.5) is 0 Å². The van der Waals surface area contributed by atoms with Gasteiger partial charge in [0, 0.05) is 33.1 Å². The van der Waals surface area contributed by atoms with Crippen molar-refractivity contribution < 1.29 is 233 Å². The number of aliphatic carboxylic acids is 3. The maximum absolute atomic E-state index is 13.8. The molecule has 0 bridgehead atoms. The van der Waals surface area contributed by atoms with Gasteiger partial charge < -0.3 is 221 Å². The second-order valence-electron chi connectivity index (χ2n) is 26.8. The third kappa shape index (κ3) is 19.8. The number of aliphatic hydroxyl groups excluding tert-OH is 24. The van der Waals surface area contributed by atoms with Crippen LogP contribution in [-0.4, -0.2) is 470 Å². The van der Waals surface area contributed by atoms with E-state index in [4.69, 9.17) is 61.6 Å². The van der Waals surface area contributed by atoms with Gasteiger partial charge in [-0.2, -0.15) is 0 Å². The summed E-state index contributed by atoms with van der Waals surface area (Å²) in [7, 11) is 0. The SMILES string of the molecule is CC(=O)N[C@H]1[C@H](O[C@@H]2[C@H](O[C@]3(C(=O)O)C[C@H](O)[C@@H](NC(=O)CO)[C@H]([C@H](O)[C@H](O)CO)O3)[C@@H](O)[C@H](O[C@H]3[C@H](O)[C@@H](O)[C@H](O)O[C@@H]3CO)O[C@@H]2CO)O[C@H](CO)[C@H](O)[C@@H]1O[C@@H]1O[C@H](CO)[C@H](O)[C@H](O[C@]2(C(=O)O)C[C@H](O)[C@@H](NC(=O)CO)[C@H]([C@H](O)[C@@H](CO)O[C@]3(C(=O)O)C[C@H](O)[C@@H](NC(C)=O)[C@H]([C@H](O)[C@H](O)CO)O3)O2)[C@H]1O. The van der Waals surface area contributed by atoms with E-state index in [1.807, 2.05) is 10.6 Å². The van der Waals surface area contributed by atoms with Gasteiger partial charge in [-0.15, -0.1) is 0 Å². The van der Waals surface area contributed by atoms with Crippen molar-refractivity contribution in [2.24, 2.45) is 0 Å². The number of hydrogen-bond donors (Lipinski definition) is 31. The molecule has 7 rings (SSSR count). The first kappa shape index (κ1) is 92.0. The number of aliphatic hydroxyl groups is 24. The Labute approximate surface area is 618 Å². The molecule has 51 nitrogen and oxygen atoms in total. The Morgan fingerprint density at radius 2 is 0.755 bits per heavy atom. The van der Waals surface area contributed by atoms with Crippen LogP contribution in [0.25, 0.3) is 0 Å². The van der Waals surface area contributed by atoms with Crippen LogP contribution in [0.2, 0.25) is 0 Å². The second-order valence-corrected chi connectivity index (χ2v) is 26.8. The Bertz CT molecular complexity index is 3050. The lowest BCUT2D eigenvalue weighted by molar-refractivity contribution is -0.404. The third-order valence-corrected chi connectivity index (χ3v) is 19.3. The van der Waals surface area contributed by atoms with E-state index in [-0.39, 0.29) is 0 Å². The standard InChI is InChI=1S/C59H96N4O47/c1-15(73)60-29-17(75)3-57(54(92)93,106-45(29)33(82)20(78)6-64)105-24(10-68)37(86)47-31(63-28(81)14-72)19(77)4-58(108-47,55(94)95)109-48-36(85)23(9-67)100-52(40(48)89)104-44-32(61-16(2)74)51(99-22(8-66)35(44)84)103-43-26(12-70)101-53(102-42-25(11-69)98-50(91)39(88)38(42)87)41(90)49(43)110-59(56(96)97)5-18(76)30(62-27(80)13-71)46(107-59)34(83)21(79)7-65/h17-26,29-53,64-72,75-79,82-91H,3-14H2,1-2H3,(H,60,73)(H,61,74)(H,62,80)(H,63,81)(H,92,93)(H,94,95)(H,96,97)/t17-,18-,19-,20+,21+,22+,23+,24+,25+,26+,29+,30+,31+,32+,33+,34+,35-,36-,37+,38+,39+,40+,41+,42+,43-,44+,45+,46+,47+,48-,49+,50+,51-,52-,53-,57+,58-,59-/m0/s1. The molecule has 0 spiro atoms. The largest absolute Gasteiger partial charge is 0.477 e. The summed E-state index contributed by atoms with van der Waals surface area (Å²) in [6, 6.07) is -8.35. The molecular weight excluding hydrogens is 1520 g/mol. The normalized spacial score (nSPS) is 42.8. The zero-order valence-corrected chi connectivity index (χ0v) is 57.9. The first-order valence-electron chi connectivity index (χ1n) is 33.8. The van der Waals surface area contributed by atoms with Crippen LogP contribution < -0.4 is 21.3 Å². The summed E-state index contributed by atoms with van der Waals surface area (Å²) in [6.07, 6.45) is -79.1. The quantitative estimate of drug-likeness (QED) is 0.0284. The van der Waals surface area contributed by atoms with Gasteiger partial charge in [-0.05, 0) is 0 Å². The highest BCUT2D eigenvalue weighted by Gasteiger charge is 2.66. The fraction of sp³-hybridized carbons (Fsp3) is 0.881. The van der Waals surface area contributed by atoms with Gasteiger partial charge in [0.2, 0.25) is 23.6 Å². The van der Waals surface area contributed by atoms with Crippen molar-refractivity contribution in [1.29, 1.82) is 0 Å². The first-order valence-corrected chi connectivity index (χ1v) is 33.8. The van der Waals surface area contributed by atoms with Gasteiger partial charge in [0.1, 0.15) is 166 Å². The van der Waals surface area contributed by atoms with Crippen molar-refractivity contribution in [2.45, 2.75) is 265 Å². The van der Waals surface area contributed by atoms with Gasteiger partial charge in [0.15, 0.2) is 25.2 Å². The molecule has 7 aliphatic rings. The van der Waals surface area contributed by atoms with Gasteiger partial charge >= 0.3 is 17.9 Å². The minimum Gasteiger partial charge on any atom is -0.477 e. The molecule has 0 saturated carbocycles. The van der Waals surface area contributed by atoms with E-state index in [0.29, 0.717) is 0 Å². The summed E-state index contributed by atoms with van der Waals surface area (Å²) in [4.78, 5) is 91.7. The first-order chi connectivity index (χ1) is 51.7. The van der Waals surface area contributed by atoms with Gasteiger partial charge in [0.25, 0.3) is 17.4 Å². The molecular formula is C59H96N4O47. The Morgan fingerprint density at radius 1 is 0.391 bits per heavy atom. The second kappa shape index (κ2) is 39.0. The fourth-order valence-electron chi connectivity index (χ4n) is 13.7. The van der Waals surface area contributed by atoms with Crippen LogP contribution in [0.15, 0.2) is 0 Å². The summed E-state index contributed by atoms with van der Waals surface area (Å²) >= 11 is 0. The van der Waals surface area contributed by atoms with E-state index >= 15 is 0 Å². The topological polar surface area (TPSA) is 834 Å². The molecule has 31 N–H and O–H groups in total. The third-order valence-electron chi connectivity index (χ3n) is 19.3. The molecule has 7 saturated heterocycles. The molecule has 7 fully saturated rings. The van der Waals surface area contributed by atoms with Gasteiger partial charge in [-0.1, -0.05) is 0 Å². The van der Waals surface area contributed by atoms with Crippen LogP contribution in [0, 0.1) is 0 Å². The molecule has 7 aliphatic heterocycles. The average molecular weight is 1610 g/mol. The molecule has 110 heavy (non-hydrogen) atoms. The predicted molar refractivity (Wildman–Crippen MR) is 333 cm³/mol. The number of carboxylic acid groups (broad SMARTS) is 3. The van der Waals surface area contributed by atoms with E-state index in [1.54, 1.807) is 0 Å². The predicted octanol–water partition coefficient (Wildman–Crippen LogP) is -20.1. The van der Waals surface area contributed by atoms with Crippen LogP contribution >= 0.6 is 0 Å². The maximum atomic E-state index is 13.8. The number of carbonyl (C=O) groups is 7. The van der Waals surface area contributed by atoms with Gasteiger partial charge in [-0.3, -0.25) is 19.2 Å². The molecule has 0 aromatic heterocycles. The number of rotatable bonds is 34. The van der Waals surface area contributed by atoms with E-state index < -0.39 is 352 Å².